The second-order valence-corrected chi connectivity index (χ2v) is 8.15. The molecule has 0 aliphatic rings. The summed E-state index contributed by atoms with van der Waals surface area (Å²) in [5.74, 6) is 2.01. The molecule has 0 saturated heterocycles. The van der Waals surface area contributed by atoms with Crippen LogP contribution >= 0.6 is 0 Å². The standard InChI is InChI=1S/C30H22N2O3/c1-2-33-24-17-18-26-28(19-24)35-30(32-26)23-15-11-21(12-16-23)8-7-20-9-13-22(14-10-20)29-31-25-5-3-4-6-27(25)34-29/h3-19H,2H2,1H3/b8-7+. The summed E-state index contributed by atoms with van der Waals surface area (Å²) < 4.78 is 17.4. The summed E-state index contributed by atoms with van der Waals surface area (Å²) in [5, 5.41) is 0. The van der Waals surface area contributed by atoms with Crippen LogP contribution in [0.5, 0.6) is 5.75 Å². The van der Waals surface area contributed by atoms with Gasteiger partial charge in [-0.15, -0.1) is 0 Å². The number of hydrogen-bond acceptors (Lipinski definition) is 5. The van der Waals surface area contributed by atoms with E-state index in [2.05, 4.69) is 46.4 Å². The van der Waals surface area contributed by atoms with Crippen LogP contribution in [0.3, 0.4) is 0 Å². The molecule has 2 aromatic heterocycles. The van der Waals surface area contributed by atoms with Crippen molar-refractivity contribution in [2.45, 2.75) is 6.92 Å². The van der Waals surface area contributed by atoms with E-state index in [9.17, 15) is 0 Å². The van der Waals surface area contributed by atoms with Gasteiger partial charge in [-0.3, -0.25) is 0 Å². The van der Waals surface area contributed by atoms with Gasteiger partial charge in [-0.05, 0) is 66.6 Å². The lowest BCUT2D eigenvalue weighted by atomic mass is 10.1. The van der Waals surface area contributed by atoms with Gasteiger partial charge in [0.05, 0.1) is 6.61 Å². The molecule has 0 fully saturated rings. The molecule has 170 valence electrons. The SMILES string of the molecule is CCOc1ccc2nc(-c3ccc(/C=C/c4ccc(-c5nc6ccccc6o5)cc4)cc3)oc2c1. The second kappa shape index (κ2) is 8.95. The largest absolute Gasteiger partial charge is 0.494 e. The summed E-state index contributed by atoms with van der Waals surface area (Å²) in [5.41, 5.74) is 7.26. The number of oxazole rings is 2. The lowest BCUT2D eigenvalue weighted by molar-refractivity contribution is 0.340. The van der Waals surface area contributed by atoms with Gasteiger partial charge in [-0.25, -0.2) is 9.97 Å². The predicted molar refractivity (Wildman–Crippen MR) is 139 cm³/mol. The van der Waals surface area contributed by atoms with Crippen molar-refractivity contribution in [2.75, 3.05) is 6.61 Å². The fourth-order valence-electron chi connectivity index (χ4n) is 3.95. The molecule has 6 rings (SSSR count). The Labute approximate surface area is 202 Å². The normalized spacial score (nSPS) is 11.6. The first kappa shape index (κ1) is 20.9. The van der Waals surface area contributed by atoms with Gasteiger partial charge < -0.3 is 13.6 Å². The van der Waals surface area contributed by atoms with E-state index in [1.807, 2.05) is 73.7 Å². The minimum atomic E-state index is 0.596. The number of para-hydroxylation sites is 2. The molecule has 5 nitrogen and oxygen atoms in total. The summed E-state index contributed by atoms with van der Waals surface area (Å²) in [6, 6.07) is 29.8. The molecule has 0 aliphatic heterocycles. The summed E-state index contributed by atoms with van der Waals surface area (Å²) in [7, 11) is 0. The summed E-state index contributed by atoms with van der Waals surface area (Å²) in [6.45, 7) is 2.57. The van der Waals surface area contributed by atoms with Crippen LogP contribution in [0.25, 0.3) is 57.3 Å². The van der Waals surface area contributed by atoms with E-state index in [-0.39, 0.29) is 0 Å². The molecule has 35 heavy (non-hydrogen) atoms. The molecular weight excluding hydrogens is 436 g/mol. The Morgan fingerprint density at radius 1 is 0.657 bits per heavy atom. The minimum Gasteiger partial charge on any atom is -0.494 e. The first-order valence-electron chi connectivity index (χ1n) is 11.5. The quantitative estimate of drug-likeness (QED) is 0.238. The Hall–Kier alpha value is -4.64. The van der Waals surface area contributed by atoms with Crippen molar-refractivity contribution in [1.29, 1.82) is 0 Å². The third-order valence-electron chi connectivity index (χ3n) is 5.75. The van der Waals surface area contributed by atoms with Crippen molar-refractivity contribution in [3.63, 3.8) is 0 Å². The molecule has 0 unspecified atom stereocenters. The number of benzene rings is 4. The number of rotatable bonds is 6. The maximum absolute atomic E-state index is 5.96. The lowest BCUT2D eigenvalue weighted by Gasteiger charge is -2.00. The molecule has 2 heterocycles. The van der Waals surface area contributed by atoms with E-state index in [0.29, 0.717) is 18.4 Å². The summed E-state index contributed by atoms with van der Waals surface area (Å²) in [6.07, 6.45) is 4.16. The second-order valence-electron chi connectivity index (χ2n) is 8.15. The monoisotopic (exact) mass is 458 g/mol. The zero-order chi connectivity index (χ0) is 23.6. The van der Waals surface area contributed by atoms with Crippen molar-refractivity contribution >= 4 is 34.4 Å². The van der Waals surface area contributed by atoms with Gasteiger partial charge in [0, 0.05) is 17.2 Å². The highest BCUT2D eigenvalue weighted by molar-refractivity contribution is 5.79. The smallest absolute Gasteiger partial charge is 0.227 e. The van der Waals surface area contributed by atoms with Crippen LogP contribution in [0.2, 0.25) is 0 Å². The van der Waals surface area contributed by atoms with Crippen LogP contribution in [0.4, 0.5) is 0 Å². The van der Waals surface area contributed by atoms with Crippen molar-refractivity contribution in [3.8, 4) is 28.7 Å². The third-order valence-corrected chi connectivity index (χ3v) is 5.75. The molecule has 0 saturated carbocycles. The van der Waals surface area contributed by atoms with Crippen LogP contribution in [0.1, 0.15) is 18.1 Å². The summed E-state index contributed by atoms with van der Waals surface area (Å²) in [4.78, 5) is 9.16. The fourth-order valence-corrected chi connectivity index (χ4v) is 3.95. The van der Waals surface area contributed by atoms with Crippen LogP contribution < -0.4 is 4.74 Å². The van der Waals surface area contributed by atoms with Crippen LogP contribution in [-0.4, -0.2) is 16.6 Å². The zero-order valence-corrected chi connectivity index (χ0v) is 19.1. The number of hydrogen-bond donors (Lipinski definition) is 0. The number of ether oxygens (including phenoxy) is 1. The highest BCUT2D eigenvalue weighted by Gasteiger charge is 2.10. The van der Waals surface area contributed by atoms with E-state index in [1.165, 1.54) is 0 Å². The highest BCUT2D eigenvalue weighted by Crippen LogP contribution is 2.28. The molecule has 0 N–H and O–H groups in total. The first-order chi connectivity index (χ1) is 17.2. The molecule has 0 amide bonds. The lowest BCUT2D eigenvalue weighted by Crippen LogP contribution is -1.90. The molecule has 5 heteroatoms. The van der Waals surface area contributed by atoms with E-state index in [1.54, 1.807) is 0 Å². The molecule has 4 aromatic carbocycles. The Morgan fingerprint density at radius 3 is 1.83 bits per heavy atom. The van der Waals surface area contributed by atoms with E-state index in [4.69, 9.17) is 13.6 Å². The highest BCUT2D eigenvalue weighted by atomic mass is 16.5. The van der Waals surface area contributed by atoms with Crippen molar-refractivity contribution < 1.29 is 13.6 Å². The Kier molecular flexibility index (Phi) is 5.35. The average molecular weight is 459 g/mol. The molecule has 0 aliphatic carbocycles. The molecule has 0 spiro atoms. The molecule has 6 aromatic rings. The Bertz CT molecular complexity index is 1610. The van der Waals surface area contributed by atoms with E-state index in [0.717, 1.165) is 50.2 Å². The summed E-state index contributed by atoms with van der Waals surface area (Å²) >= 11 is 0. The number of aromatic nitrogens is 2. The Balaban J connectivity index is 1.17. The average Bonchev–Trinajstić information content (AvgIpc) is 3.52. The van der Waals surface area contributed by atoms with Crippen LogP contribution in [-0.2, 0) is 0 Å². The van der Waals surface area contributed by atoms with Crippen LogP contribution in [0, 0.1) is 0 Å². The van der Waals surface area contributed by atoms with Crippen molar-refractivity contribution in [2.24, 2.45) is 0 Å². The minimum absolute atomic E-state index is 0.596. The van der Waals surface area contributed by atoms with Gasteiger partial charge in [-0.1, -0.05) is 48.6 Å². The maximum Gasteiger partial charge on any atom is 0.227 e. The predicted octanol–water partition coefficient (Wildman–Crippen LogP) is 7.87. The molecular formula is C30H22N2O3. The Morgan fingerprint density at radius 2 is 1.23 bits per heavy atom. The van der Waals surface area contributed by atoms with Gasteiger partial charge in [0.15, 0.2) is 11.2 Å². The molecule has 0 atom stereocenters. The topological polar surface area (TPSA) is 61.3 Å². The fraction of sp³-hybridized carbons (Fsp3) is 0.0667. The van der Waals surface area contributed by atoms with Gasteiger partial charge in [-0.2, -0.15) is 0 Å². The van der Waals surface area contributed by atoms with E-state index < -0.39 is 0 Å². The van der Waals surface area contributed by atoms with Gasteiger partial charge in [0.25, 0.3) is 0 Å². The molecule has 0 radical (unpaired) electrons. The van der Waals surface area contributed by atoms with Crippen molar-refractivity contribution in [3.05, 3.63) is 102 Å². The third kappa shape index (κ3) is 4.32. The van der Waals surface area contributed by atoms with Gasteiger partial charge in [0.1, 0.15) is 16.8 Å². The maximum atomic E-state index is 5.96. The van der Waals surface area contributed by atoms with Crippen molar-refractivity contribution in [1.82, 2.24) is 9.97 Å². The molecule has 0 bridgehead atoms. The van der Waals surface area contributed by atoms with Crippen LogP contribution in [0.15, 0.2) is 99.8 Å². The van der Waals surface area contributed by atoms with Gasteiger partial charge >= 0.3 is 0 Å². The zero-order valence-electron chi connectivity index (χ0n) is 19.1. The first-order valence-corrected chi connectivity index (χ1v) is 11.5. The van der Waals surface area contributed by atoms with E-state index >= 15 is 0 Å². The number of nitrogens with zero attached hydrogens (tertiary/aromatic N) is 2. The van der Waals surface area contributed by atoms with Gasteiger partial charge in [0.2, 0.25) is 11.8 Å². The number of fused-ring (bicyclic) bond motifs is 2.